The lowest BCUT2D eigenvalue weighted by Crippen LogP contribution is -2.31. The van der Waals surface area contributed by atoms with E-state index < -0.39 is 0 Å². The smallest absolute Gasteiger partial charge is 0.251 e. The summed E-state index contributed by atoms with van der Waals surface area (Å²) in [7, 11) is 0. The van der Waals surface area contributed by atoms with Crippen molar-refractivity contribution in [2.75, 3.05) is 31.1 Å². The van der Waals surface area contributed by atoms with Gasteiger partial charge < -0.3 is 21.7 Å². The Morgan fingerprint density at radius 2 is 1.90 bits per heavy atom. The SMILES string of the molecule is Nc1cc(N)cc(C(=O)NCC2CCN(C3CC3)C2)c1. The summed E-state index contributed by atoms with van der Waals surface area (Å²) in [6.45, 7) is 3.03. The van der Waals surface area contributed by atoms with Gasteiger partial charge in [-0.1, -0.05) is 0 Å². The fourth-order valence-corrected chi connectivity index (χ4v) is 2.95. The van der Waals surface area contributed by atoms with E-state index >= 15 is 0 Å². The number of carbonyl (C=O) groups is 1. The molecule has 0 radical (unpaired) electrons. The monoisotopic (exact) mass is 274 g/mol. The highest BCUT2D eigenvalue weighted by Gasteiger charge is 2.34. The number of nitrogen functional groups attached to an aromatic ring is 2. The Morgan fingerprint density at radius 1 is 1.20 bits per heavy atom. The highest BCUT2D eigenvalue weighted by Crippen LogP contribution is 2.31. The molecule has 1 aliphatic carbocycles. The minimum atomic E-state index is -0.0890. The Kier molecular flexibility index (Phi) is 3.53. The summed E-state index contributed by atoms with van der Waals surface area (Å²) in [5.74, 6) is 0.479. The molecule has 1 amide bonds. The second-order valence-corrected chi connectivity index (χ2v) is 5.98. The number of nitrogens with two attached hydrogens (primary N) is 2. The molecule has 2 aliphatic rings. The molecule has 1 aromatic carbocycles. The molecule has 1 unspecified atom stereocenters. The normalized spacial score (nSPS) is 22.9. The number of nitrogens with zero attached hydrogens (tertiary/aromatic N) is 1. The molecule has 5 nitrogen and oxygen atoms in total. The standard InChI is InChI=1S/C15H22N4O/c16-12-5-11(6-13(17)7-12)15(20)18-8-10-3-4-19(9-10)14-1-2-14/h5-7,10,14H,1-4,8-9,16-17H2,(H,18,20). The maximum atomic E-state index is 12.1. The van der Waals surface area contributed by atoms with Gasteiger partial charge in [0.05, 0.1) is 0 Å². The third-order valence-corrected chi connectivity index (χ3v) is 4.17. The van der Waals surface area contributed by atoms with Crippen molar-refractivity contribution in [2.24, 2.45) is 5.92 Å². The quantitative estimate of drug-likeness (QED) is 0.717. The minimum Gasteiger partial charge on any atom is -0.399 e. The van der Waals surface area contributed by atoms with Crippen LogP contribution in [0.4, 0.5) is 11.4 Å². The van der Waals surface area contributed by atoms with Gasteiger partial charge in [-0.25, -0.2) is 0 Å². The van der Waals surface area contributed by atoms with Gasteiger partial charge in [0.25, 0.3) is 5.91 Å². The highest BCUT2D eigenvalue weighted by molar-refractivity contribution is 5.96. The van der Waals surface area contributed by atoms with E-state index in [1.165, 1.54) is 25.8 Å². The molecule has 0 spiro atoms. The van der Waals surface area contributed by atoms with E-state index in [2.05, 4.69) is 10.2 Å². The van der Waals surface area contributed by atoms with E-state index in [1.54, 1.807) is 18.2 Å². The van der Waals surface area contributed by atoms with Crippen LogP contribution < -0.4 is 16.8 Å². The van der Waals surface area contributed by atoms with Crippen LogP contribution in [0.2, 0.25) is 0 Å². The summed E-state index contributed by atoms with van der Waals surface area (Å²) < 4.78 is 0. The Labute approximate surface area is 119 Å². The number of anilines is 2. The van der Waals surface area contributed by atoms with E-state index in [0.29, 0.717) is 22.9 Å². The first-order valence-corrected chi connectivity index (χ1v) is 7.30. The van der Waals surface area contributed by atoms with Gasteiger partial charge in [-0.3, -0.25) is 4.79 Å². The molecule has 0 aromatic heterocycles. The second-order valence-electron chi connectivity index (χ2n) is 5.98. The average Bonchev–Trinajstić information content (AvgIpc) is 3.14. The number of nitrogens with one attached hydrogen (secondary N) is 1. The van der Waals surface area contributed by atoms with Gasteiger partial charge >= 0.3 is 0 Å². The Hall–Kier alpha value is -1.75. The van der Waals surface area contributed by atoms with Crippen molar-refractivity contribution in [1.29, 1.82) is 0 Å². The average molecular weight is 274 g/mol. The number of benzene rings is 1. The zero-order valence-corrected chi connectivity index (χ0v) is 11.6. The second kappa shape index (κ2) is 5.32. The van der Waals surface area contributed by atoms with Crippen LogP contribution in [-0.4, -0.2) is 36.5 Å². The summed E-state index contributed by atoms with van der Waals surface area (Å²) >= 11 is 0. The van der Waals surface area contributed by atoms with Crippen molar-refractivity contribution in [2.45, 2.75) is 25.3 Å². The molecule has 2 fully saturated rings. The number of amides is 1. The number of carbonyl (C=O) groups excluding carboxylic acids is 1. The molecule has 5 heteroatoms. The maximum Gasteiger partial charge on any atom is 0.251 e. The van der Waals surface area contributed by atoms with Crippen molar-refractivity contribution in [3.8, 4) is 0 Å². The highest BCUT2D eigenvalue weighted by atomic mass is 16.1. The Bertz CT molecular complexity index is 492. The molecule has 1 saturated carbocycles. The van der Waals surface area contributed by atoms with Crippen LogP contribution in [0.5, 0.6) is 0 Å². The first-order chi connectivity index (χ1) is 9.61. The molecule has 0 bridgehead atoms. The molecule has 3 rings (SSSR count). The van der Waals surface area contributed by atoms with Crippen molar-refractivity contribution in [3.63, 3.8) is 0 Å². The molecule has 1 saturated heterocycles. The number of hydrogen-bond acceptors (Lipinski definition) is 4. The van der Waals surface area contributed by atoms with Crippen molar-refractivity contribution in [3.05, 3.63) is 23.8 Å². The summed E-state index contributed by atoms with van der Waals surface area (Å²) in [6.07, 6.45) is 3.87. The molecule has 5 N–H and O–H groups in total. The molecule has 20 heavy (non-hydrogen) atoms. The first-order valence-electron chi connectivity index (χ1n) is 7.30. The number of hydrogen-bond donors (Lipinski definition) is 3. The lowest BCUT2D eigenvalue weighted by molar-refractivity contribution is 0.0947. The summed E-state index contributed by atoms with van der Waals surface area (Å²) in [5, 5.41) is 3.00. The molecule has 1 aromatic rings. The summed E-state index contributed by atoms with van der Waals surface area (Å²) in [4.78, 5) is 14.6. The van der Waals surface area contributed by atoms with E-state index in [0.717, 1.165) is 19.1 Å². The maximum absolute atomic E-state index is 12.1. The summed E-state index contributed by atoms with van der Waals surface area (Å²) in [5.41, 5.74) is 13.0. The molecular formula is C15H22N4O. The molecule has 1 heterocycles. The first kappa shape index (κ1) is 13.2. The Morgan fingerprint density at radius 3 is 2.55 bits per heavy atom. The molecule has 108 valence electrons. The fourth-order valence-electron chi connectivity index (χ4n) is 2.95. The molecule has 1 aliphatic heterocycles. The third-order valence-electron chi connectivity index (χ3n) is 4.17. The van der Waals surface area contributed by atoms with E-state index in [4.69, 9.17) is 11.5 Å². The van der Waals surface area contributed by atoms with Gasteiger partial charge in [0, 0.05) is 36.1 Å². The van der Waals surface area contributed by atoms with E-state index in [-0.39, 0.29) is 5.91 Å². The van der Waals surface area contributed by atoms with Gasteiger partial charge in [0.1, 0.15) is 0 Å². The van der Waals surface area contributed by atoms with Crippen molar-refractivity contribution >= 4 is 17.3 Å². The third kappa shape index (κ3) is 3.04. The Balaban J connectivity index is 1.51. The molecule has 1 atom stereocenters. The van der Waals surface area contributed by atoms with Crippen molar-refractivity contribution < 1.29 is 4.79 Å². The van der Waals surface area contributed by atoms with Gasteiger partial charge in [0.15, 0.2) is 0 Å². The lowest BCUT2D eigenvalue weighted by Gasteiger charge is -2.15. The summed E-state index contributed by atoms with van der Waals surface area (Å²) in [6, 6.07) is 5.80. The van der Waals surface area contributed by atoms with Crippen LogP contribution in [0.15, 0.2) is 18.2 Å². The van der Waals surface area contributed by atoms with Crippen molar-refractivity contribution in [1.82, 2.24) is 10.2 Å². The topological polar surface area (TPSA) is 84.4 Å². The van der Waals surface area contributed by atoms with Gasteiger partial charge in [-0.05, 0) is 49.9 Å². The number of rotatable bonds is 4. The van der Waals surface area contributed by atoms with Crippen LogP contribution in [-0.2, 0) is 0 Å². The van der Waals surface area contributed by atoms with Crippen LogP contribution in [0, 0.1) is 5.92 Å². The lowest BCUT2D eigenvalue weighted by atomic mass is 10.1. The van der Waals surface area contributed by atoms with Crippen LogP contribution in [0.25, 0.3) is 0 Å². The molecular weight excluding hydrogens is 252 g/mol. The zero-order chi connectivity index (χ0) is 14.1. The van der Waals surface area contributed by atoms with Gasteiger partial charge in [-0.15, -0.1) is 0 Å². The minimum absolute atomic E-state index is 0.0890. The predicted octanol–water partition coefficient (Wildman–Crippen LogP) is 1.07. The fraction of sp³-hybridized carbons (Fsp3) is 0.533. The van der Waals surface area contributed by atoms with Crippen LogP contribution in [0.3, 0.4) is 0 Å². The number of likely N-dealkylation sites (tertiary alicyclic amines) is 1. The predicted molar refractivity (Wildman–Crippen MR) is 80.3 cm³/mol. The van der Waals surface area contributed by atoms with Gasteiger partial charge in [0.2, 0.25) is 0 Å². The van der Waals surface area contributed by atoms with E-state index in [1.807, 2.05) is 0 Å². The largest absolute Gasteiger partial charge is 0.399 e. The van der Waals surface area contributed by atoms with Crippen LogP contribution in [0.1, 0.15) is 29.6 Å². The van der Waals surface area contributed by atoms with E-state index in [9.17, 15) is 4.79 Å². The van der Waals surface area contributed by atoms with Gasteiger partial charge in [-0.2, -0.15) is 0 Å². The van der Waals surface area contributed by atoms with Crippen LogP contribution >= 0.6 is 0 Å². The zero-order valence-electron chi connectivity index (χ0n) is 11.6.